The molecule has 0 saturated carbocycles. The number of rotatable bonds is 6. The van der Waals surface area contributed by atoms with Gasteiger partial charge in [0.1, 0.15) is 0 Å². The van der Waals surface area contributed by atoms with E-state index in [9.17, 15) is 4.79 Å². The van der Waals surface area contributed by atoms with E-state index in [1.54, 1.807) is 11.3 Å². The van der Waals surface area contributed by atoms with Crippen molar-refractivity contribution in [2.24, 2.45) is 5.92 Å². The molecule has 24 heavy (non-hydrogen) atoms. The van der Waals surface area contributed by atoms with Gasteiger partial charge in [0.2, 0.25) is 5.91 Å². The van der Waals surface area contributed by atoms with Crippen LogP contribution < -0.4 is 10.6 Å². The normalized spacial score (nSPS) is 16.8. The number of halogens is 2. The van der Waals surface area contributed by atoms with Crippen LogP contribution in [0.25, 0.3) is 0 Å². The van der Waals surface area contributed by atoms with Gasteiger partial charge in [-0.2, -0.15) is 0 Å². The molecule has 1 unspecified atom stereocenters. The monoisotopic (exact) mass is 396 g/mol. The summed E-state index contributed by atoms with van der Waals surface area (Å²) in [5.74, 6) is 0.852. The maximum absolute atomic E-state index is 12.4. The Hall–Kier alpha value is -0.400. The molecule has 0 aliphatic carbocycles. The van der Waals surface area contributed by atoms with Crippen LogP contribution in [0.3, 0.4) is 0 Å². The van der Waals surface area contributed by atoms with Gasteiger partial charge in [0.05, 0.1) is 11.7 Å². The van der Waals surface area contributed by atoms with Crippen LogP contribution in [0.1, 0.15) is 36.8 Å². The molecule has 0 aromatic carbocycles. The van der Waals surface area contributed by atoms with Crippen molar-refractivity contribution in [3.05, 3.63) is 10.6 Å². The molecule has 1 atom stereocenters. The molecule has 0 bridgehead atoms. The molecule has 140 valence electrons. The largest absolute Gasteiger partial charge is 0.320 e. The molecule has 1 saturated heterocycles. The number of amides is 1. The summed E-state index contributed by atoms with van der Waals surface area (Å²) < 4.78 is 0. The second-order valence-corrected chi connectivity index (χ2v) is 7.40. The van der Waals surface area contributed by atoms with E-state index >= 15 is 0 Å². The summed E-state index contributed by atoms with van der Waals surface area (Å²) in [6, 6.07) is -0.0882. The minimum Gasteiger partial charge on any atom is -0.320 e. The smallest absolute Gasteiger partial charge is 0.243 e. The number of likely N-dealkylation sites (tertiary alicyclic amines) is 1. The average Bonchev–Trinajstić information content (AvgIpc) is 2.83. The number of anilines is 1. The van der Waals surface area contributed by atoms with Crippen molar-refractivity contribution in [3.8, 4) is 0 Å². The highest BCUT2D eigenvalue weighted by atomic mass is 35.5. The lowest BCUT2D eigenvalue weighted by atomic mass is 9.93. The molecule has 1 aromatic rings. The van der Waals surface area contributed by atoms with E-state index in [0.29, 0.717) is 0 Å². The molecule has 1 fully saturated rings. The van der Waals surface area contributed by atoms with Crippen LogP contribution in [0, 0.1) is 19.8 Å². The molecule has 2 heterocycles. The molecular formula is C16H30Cl2N4OS. The van der Waals surface area contributed by atoms with Gasteiger partial charge in [0.25, 0.3) is 0 Å². The fourth-order valence-electron chi connectivity index (χ4n) is 2.88. The zero-order valence-electron chi connectivity index (χ0n) is 14.9. The van der Waals surface area contributed by atoms with Crippen molar-refractivity contribution < 1.29 is 4.79 Å². The number of carbonyl (C=O) groups excluding carboxylic acids is 1. The summed E-state index contributed by atoms with van der Waals surface area (Å²) in [6.45, 7) is 9.11. The van der Waals surface area contributed by atoms with Gasteiger partial charge < -0.3 is 10.6 Å². The highest BCUT2D eigenvalue weighted by Gasteiger charge is 2.26. The Bertz CT molecular complexity index is 485. The van der Waals surface area contributed by atoms with Gasteiger partial charge in [-0.3, -0.25) is 9.69 Å². The van der Waals surface area contributed by atoms with Gasteiger partial charge in [0.15, 0.2) is 5.13 Å². The molecule has 2 N–H and O–H groups in total. The number of nitrogens with one attached hydrogen (secondary N) is 2. The Kier molecular flexibility index (Phi) is 11.1. The number of piperidine rings is 1. The minimum atomic E-state index is -0.0882. The second-order valence-electron chi connectivity index (χ2n) is 6.20. The standard InChI is InChI=1S/C16H28N4OS.2ClH/c1-11-13(3)22-16(18-11)19-15(21)12(2)20-9-6-14(7-10-20)5-8-17-4;;/h12,14,17H,5-10H2,1-4H3,(H,18,19,21);2*1H. The molecule has 5 nitrogen and oxygen atoms in total. The van der Waals surface area contributed by atoms with Crippen LogP contribution in [0.5, 0.6) is 0 Å². The van der Waals surface area contributed by atoms with Crippen molar-refractivity contribution >= 4 is 47.2 Å². The Balaban J connectivity index is 0.00000264. The van der Waals surface area contributed by atoms with Gasteiger partial charge in [-0.1, -0.05) is 0 Å². The lowest BCUT2D eigenvalue weighted by Crippen LogP contribution is -2.46. The fraction of sp³-hybridized carbons (Fsp3) is 0.750. The van der Waals surface area contributed by atoms with E-state index in [-0.39, 0.29) is 36.8 Å². The van der Waals surface area contributed by atoms with Gasteiger partial charge in [-0.05, 0) is 72.6 Å². The van der Waals surface area contributed by atoms with Crippen LogP contribution in [-0.2, 0) is 4.79 Å². The molecule has 8 heteroatoms. The number of nitrogens with zero attached hydrogens (tertiary/aromatic N) is 2. The summed E-state index contributed by atoms with van der Waals surface area (Å²) in [4.78, 5) is 20.2. The molecule has 1 aliphatic heterocycles. The number of hydrogen-bond donors (Lipinski definition) is 2. The minimum absolute atomic E-state index is 0. The Morgan fingerprint density at radius 1 is 1.33 bits per heavy atom. The number of hydrogen-bond acceptors (Lipinski definition) is 5. The third kappa shape index (κ3) is 6.48. The highest BCUT2D eigenvalue weighted by Crippen LogP contribution is 2.24. The van der Waals surface area contributed by atoms with Crippen LogP contribution >= 0.6 is 36.2 Å². The molecule has 1 amide bonds. The maximum atomic E-state index is 12.4. The first-order valence-electron chi connectivity index (χ1n) is 8.14. The number of carbonyl (C=O) groups is 1. The van der Waals surface area contributed by atoms with Gasteiger partial charge >= 0.3 is 0 Å². The Morgan fingerprint density at radius 3 is 2.46 bits per heavy atom. The van der Waals surface area contributed by atoms with Gasteiger partial charge in [-0.15, -0.1) is 36.2 Å². The van der Waals surface area contributed by atoms with Crippen molar-refractivity contribution in [1.82, 2.24) is 15.2 Å². The summed E-state index contributed by atoms with van der Waals surface area (Å²) in [5, 5.41) is 6.90. The molecule has 0 spiro atoms. The molecule has 1 aromatic heterocycles. The van der Waals surface area contributed by atoms with Gasteiger partial charge in [-0.25, -0.2) is 4.98 Å². The molecule has 0 radical (unpaired) electrons. The Labute approximate surface area is 161 Å². The lowest BCUT2D eigenvalue weighted by molar-refractivity contribution is -0.121. The quantitative estimate of drug-likeness (QED) is 0.774. The number of aromatic nitrogens is 1. The average molecular weight is 397 g/mol. The first kappa shape index (κ1) is 23.6. The van der Waals surface area contributed by atoms with Gasteiger partial charge in [0, 0.05) is 4.88 Å². The van der Waals surface area contributed by atoms with Crippen LogP contribution in [0.15, 0.2) is 0 Å². The molecule has 2 rings (SSSR count). The lowest BCUT2D eigenvalue weighted by Gasteiger charge is -2.35. The third-order valence-corrected chi connectivity index (χ3v) is 5.63. The van der Waals surface area contributed by atoms with Crippen LogP contribution in [0.2, 0.25) is 0 Å². The van der Waals surface area contributed by atoms with E-state index in [0.717, 1.165) is 41.3 Å². The SMILES string of the molecule is CNCCC1CCN(C(C)C(=O)Nc2nc(C)c(C)s2)CC1.Cl.Cl. The highest BCUT2D eigenvalue weighted by molar-refractivity contribution is 7.15. The predicted octanol–water partition coefficient (Wildman–Crippen LogP) is 3.25. The number of thiazole rings is 1. The summed E-state index contributed by atoms with van der Waals surface area (Å²) >= 11 is 1.55. The fourth-order valence-corrected chi connectivity index (χ4v) is 3.70. The van der Waals surface area contributed by atoms with E-state index < -0.39 is 0 Å². The topological polar surface area (TPSA) is 57.3 Å². The third-order valence-electron chi connectivity index (χ3n) is 4.64. The van der Waals surface area contributed by atoms with Crippen molar-refractivity contribution in [3.63, 3.8) is 0 Å². The summed E-state index contributed by atoms with van der Waals surface area (Å²) in [6.07, 6.45) is 3.62. The predicted molar refractivity (Wildman–Crippen MR) is 107 cm³/mol. The Morgan fingerprint density at radius 2 is 1.96 bits per heavy atom. The van der Waals surface area contributed by atoms with E-state index in [4.69, 9.17) is 0 Å². The first-order chi connectivity index (χ1) is 10.5. The second kappa shape index (κ2) is 11.3. The van der Waals surface area contributed by atoms with Crippen LogP contribution in [-0.4, -0.2) is 48.5 Å². The van der Waals surface area contributed by atoms with E-state index in [2.05, 4.69) is 20.5 Å². The first-order valence-corrected chi connectivity index (χ1v) is 8.96. The molecular weight excluding hydrogens is 367 g/mol. The van der Waals surface area contributed by atoms with Crippen molar-refractivity contribution in [2.45, 2.75) is 46.1 Å². The number of aryl methyl sites for hydroxylation is 2. The molecule has 1 aliphatic rings. The van der Waals surface area contributed by atoms with E-state index in [1.807, 2.05) is 27.8 Å². The van der Waals surface area contributed by atoms with Crippen molar-refractivity contribution in [2.75, 3.05) is 32.0 Å². The van der Waals surface area contributed by atoms with Crippen molar-refractivity contribution in [1.29, 1.82) is 0 Å². The maximum Gasteiger partial charge on any atom is 0.243 e. The summed E-state index contributed by atoms with van der Waals surface area (Å²) in [5.41, 5.74) is 0.998. The zero-order valence-corrected chi connectivity index (χ0v) is 17.4. The van der Waals surface area contributed by atoms with Crippen LogP contribution in [0.4, 0.5) is 5.13 Å². The summed E-state index contributed by atoms with van der Waals surface area (Å²) in [7, 11) is 2.00. The van der Waals surface area contributed by atoms with E-state index in [1.165, 1.54) is 19.3 Å². The zero-order chi connectivity index (χ0) is 16.1.